The van der Waals surface area contributed by atoms with Gasteiger partial charge in [0.1, 0.15) is 18.2 Å². The Balaban J connectivity index is 1.53. The van der Waals surface area contributed by atoms with E-state index in [9.17, 15) is 4.79 Å². The number of amides is 1. The molecule has 0 unspecified atom stereocenters. The van der Waals surface area contributed by atoms with Gasteiger partial charge in [0.2, 0.25) is 0 Å². The summed E-state index contributed by atoms with van der Waals surface area (Å²) < 4.78 is 7.43. The number of carbonyl (C=O) groups excluding carboxylic acids is 1. The van der Waals surface area contributed by atoms with E-state index in [0.717, 1.165) is 18.6 Å². The monoisotopic (exact) mass is 271 g/mol. The van der Waals surface area contributed by atoms with E-state index in [4.69, 9.17) is 4.74 Å². The first kappa shape index (κ1) is 12.7. The van der Waals surface area contributed by atoms with E-state index in [0.29, 0.717) is 13.1 Å². The van der Waals surface area contributed by atoms with E-state index < -0.39 is 0 Å². The molecule has 2 heterocycles. The van der Waals surface area contributed by atoms with Gasteiger partial charge in [-0.1, -0.05) is 18.2 Å². The zero-order chi connectivity index (χ0) is 13.8. The Morgan fingerprint density at radius 2 is 1.95 bits per heavy atom. The van der Waals surface area contributed by atoms with Gasteiger partial charge in [-0.3, -0.25) is 4.57 Å². The second-order valence-corrected chi connectivity index (χ2v) is 4.87. The Hall–Kier alpha value is -2.30. The third-order valence-corrected chi connectivity index (χ3v) is 3.48. The molecule has 104 valence electrons. The molecular weight excluding hydrogens is 254 g/mol. The van der Waals surface area contributed by atoms with Crippen LogP contribution in [0, 0.1) is 0 Å². The van der Waals surface area contributed by atoms with Crippen molar-refractivity contribution in [2.24, 2.45) is 0 Å². The molecule has 1 amide bonds. The second-order valence-electron chi connectivity index (χ2n) is 4.87. The van der Waals surface area contributed by atoms with E-state index in [1.807, 2.05) is 35.2 Å². The van der Waals surface area contributed by atoms with Crippen LogP contribution >= 0.6 is 0 Å². The molecule has 0 bridgehead atoms. The van der Waals surface area contributed by atoms with E-state index in [1.54, 1.807) is 12.4 Å². The third-order valence-electron chi connectivity index (χ3n) is 3.48. The van der Waals surface area contributed by atoms with Crippen molar-refractivity contribution in [3.05, 3.63) is 49.1 Å². The van der Waals surface area contributed by atoms with Crippen LogP contribution in [0.5, 0.6) is 5.75 Å². The summed E-state index contributed by atoms with van der Waals surface area (Å²) in [5.74, 6) is 0.895. The average molecular weight is 271 g/mol. The zero-order valence-electron chi connectivity index (χ0n) is 11.2. The first-order valence-corrected chi connectivity index (χ1v) is 6.82. The predicted molar refractivity (Wildman–Crippen MR) is 74.7 cm³/mol. The minimum atomic E-state index is -0.0133. The Bertz CT molecular complexity index is 546. The largest absolute Gasteiger partial charge is 0.490 e. The number of nitrogens with zero attached hydrogens (tertiary/aromatic N) is 3. The van der Waals surface area contributed by atoms with Crippen molar-refractivity contribution < 1.29 is 9.53 Å². The van der Waals surface area contributed by atoms with E-state index in [1.165, 1.54) is 10.9 Å². The molecule has 1 saturated heterocycles. The number of benzene rings is 1. The Kier molecular flexibility index (Phi) is 3.67. The lowest BCUT2D eigenvalue weighted by molar-refractivity contribution is 0.111. The maximum atomic E-state index is 12.1. The van der Waals surface area contributed by atoms with Crippen LogP contribution in [0.1, 0.15) is 12.8 Å². The summed E-state index contributed by atoms with van der Waals surface area (Å²) in [6, 6.07) is 9.81. The maximum absolute atomic E-state index is 12.1. The van der Waals surface area contributed by atoms with Gasteiger partial charge >= 0.3 is 6.03 Å². The summed E-state index contributed by atoms with van der Waals surface area (Å²) in [6.07, 6.45) is 6.72. The van der Waals surface area contributed by atoms with Gasteiger partial charge in [0.05, 0.1) is 0 Å². The number of aromatic nitrogens is 2. The highest BCUT2D eigenvalue weighted by Gasteiger charge is 2.24. The minimum Gasteiger partial charge on any atom is -0.490 e. The molecule has 0 radical (unpaired) electrons. The van der Waals surface area contributed by atoms with E-state index in [-0.39, 0.29) is 12.1 Å². The van der Waals surface area contributed by atoms with Crippen LogP contribution in [-0.2, 0) is 0 Å². The fourth-order valence-corrected chi connectivity index (χ4v) is 2.39. The zero-order valence-corrected chi connectivity index (χ0v) is 11.2. The highest BCUT2D eigenvalue weighted by Crippen LogP contribution is 2.19. The summed E-state index contributed by atoms with van der Waals surface area (Å²) in [7, 11) is 0. The quantitative estimate of drug-likeness (QED) is 0.842. The smallest absolute Gasteiger partial charge is 0.329 e. The molecular formula is C15H17N3O2. The number of imidazole rings is 1. The first-order chi connectivity index (χ1) is 9.83. The molecule has 0 spiro atoms. The molecule has 5 heteroatoms. The minimum absolute atomic E-state index is 0.0133. The third kappa shape index (κ3) is 2.82. The van der Waals surface area contributed by atoms with Crippen molar-refractivity contribution in [2.75, 3.05) is 13.1 Å². The van der Waals surface area contributed by atoms with Gasteiger partial charge in [-0.15, -0.1) is 0 Å². The molecule has 1 aliphatic rings. The van der Waals surface area contributed by atoms with Crippen LogP contribution < -0.4 is 4.74 Å². The van der Waals surface area contributed by atoms with Crippen LogP contribution in [0.25, 0.3) is 0 Å². The molecule has 20 heavy (non-hydrogen) atoms. The van der Waals surface area contributed by atoms with Gasteiger partial charge in [-0.2, -0.15) is 0 Å². The highest BCUT2D eigenvalue weighted by molar-refractivity contribution is 5.76. The van der Waals surface area contributed by atoms with Crippen LogP contribution in [0.4, 0.5) is 4.79 Å². The van der Waals surface area contributed by atoms with Crippen LogP contribution in [0.3, 0.4) is 0 Å². The van der Waals surface area contributed by atoms with Gasteiger partial charge in [0.25, 0.3) is 0 Å². The number of para-hydroxylation sites is 1. The number of piperidine rings is 1. The van der Waals surface area contributed by atoms with Crippen molar-refractivity contribution in [2.45, 2.75) is 18.9 Å². The van der Waals surface area contributed by atoms with Gasteiger partial charge < -0.3 is 9.64 Å². The predicted octanol–water partition coefficient (Wildman–Crippen LogP) is 2.39. The average Bonchev–Trinajstić information content (AvgIpc) is 3.03. The van der Waals surface area contributed by atoms with Crippen LogP contribution in [0.15, 0.2) is 49.1 Å². The summed E-state index contributed by atoms with van der Waals surface area (Å²) in [5.41, 5.74) is 0. The van der Waals surface area contributed by atoms with Crippen molar-refractivity contribution in [3.8, 4) is 5.75 Å². The summed E-state index contributed by atoms with van der Waals surface area (Å²) in [5, 5.41) is 0. The molecule has 1 aliphatic heterocycles. The number of hydrogen-bond donors (Lipinski definition) is 0. The number of hydrogen-bond acceptors (Lipinski definition) is 3. The first-order valence-electron chi connectivity index (χ1n) is 6.82. The Morgan fingerprint density at radius 1 is 1.20 bits per heavy atom. The fraction of sp³-hybridized carbons (Fsp3) is 0.333. The van der Waals surface area contributed by atoms with Gasteiger partial charge in [-0.25, -0.2) is 9.78 Å². The van der Waals surface area contributed by atoms with Crippen LogP contribution in [-0.4, -0.2) is 39.7 Å². The second kappa shape index (κ2) is 5.77. The molecule has 0 aliphatic carbocycles. The van der Waals surface area contributed by atoms with Crippen molar-refractivity contribution in [3.63, 3.8) is 0 Å². The lowest BCUT2D eigenvalue weighted by Crippen LogP contribution is -2.43. The fourth-order valence-electron chi connectivity index (χ4n) is 2.39. The standard InChI is InChI=1S/C15H17N3O2/c19-15(18-11-8-16-12-18)17-9-6-14(7-10-17)20-13-4-2-1-3-5-13/h1-5,8,11-12,14H,6-7,9-10H2. The molecule has 2 aromatic rings. The van der Waals surface area contributed by atoms with Gasteiger partial charge in [0, 0.05) is 38.3 Å². The lowest BCUT2D eigenvalue weighted by Gasteiger charge is -2.32. The molecule has 1 aromatic heterocycles. The van der Waals surface area contributed by atoms with E-state index >= 15 is 0 Å². The number of carbonyl (C=O) groups is 1. The summed E-state index contributed by atoms with van der Waals surface area (Å²) >= 11 is 0. The molecule has 1 fully saturated rings. The molecule has 0 saturated carbocycles. The SMILES string of the molecule is O=C(N1CCC(Oc2ccccc2)CC1)n1ccnc1. The van der Waals surface area contributed by atoms with Crippen LogP contribution in [0.2, 0.25) is 0 Å². The molecule has 0 atom stereocenters. The van der Waals surface area contributed by atoms with Crippen molar-refractivity contribution in [1.82, 2.24) is 14.5 Å². The van der Waals surface area contributed by atoms with E-state index in [2.05, 4.69) is 4.98 Å². The number of ether oxygens (including phenoxy) is 1. The molecule has 3 rings (SSSR count). The Labute approximate surface area is 117 Å². The van der Waals surface area contributed by atoms with Crippen molar-refractivity contribution >= 4 is 6.03 Å². The summed E-state index contributed by atoms with van der Waals surface area (Å²) in [4.78, 5) is 17.9. The number of likely N-dealkylation sites (tertiary alicyclic amines) is 1. The molecule has 5 nitrogen and oxygen atoms in total. The normalized spacial score (nSPS) is 16.1. The summed E-state index contributed by atoms with van der Waals surface area (Å²) in [6.45, 7) is 1.43. The lowest BCUT2D eigenvalue weighted by atomic mass is 10.1. The van der Waals surface area contributed by atoms with Gasteiger partial charge in [0.15, 0.2) is 0 Å². The topological polar surface area (TPSA) is 47.4 Å². The molecule has 0 N–H and O–H groups in total. The number of rotatable bonds is 2. The highest BCUT2D eigenvalue weighted by atomic mass is 16.5. The Morgan fingerprint density at radius 3 is 2.60 bits per heavy atom. The molecule has 1 aromatic carbocycles. The van der Waals surface area contributed by atoms with Crippen molar-refractivity contribution in [1.29, 1.82) is 0 Å². The van der Waals surface area contributed by atoms with Gasteiger partial charge in [-0.05, 0) is 12.1 Å². The maximum Gasteiger partial charge on any atom is 0.329 e.